The highest BCUT2D eigenvalue weighted by Gasteiger charge is 2.53. The molecular weight excluding hydrogens is 375 g/mol. The summed E-state index contributed by atoms with van der Waals surface area (Å²) in [6.45, 7) is 3.37. The molecule has 0 radical (unpaired) electrons. The van der Waals surface area contributed by atoms with Crippen LogP contribution in [-0.2, 0) is 5.72 Å². The summed E-state index contributed by atoms with van der Waals surface area (Å²) in [6.07, 6.45) is 1.04. The molecule has 4 rings (SSSR count). The minimum Gasteiger partial charge on any atom is -0.346 e. The molecule has 0 bridgehead atoms. The highest BCUT2D eigenvalue weighted by molar-refractivity contribution is 8.13. The van der Waals surface area contributed by atoms with Crippen LogP contribution >= 0.6 is 35.0 Å². The lowest BCUT2D eigenvalue weighted by atomic mass is 10.0. The number of benzene rings is 2. The minimum atomic E-state index is -1.11. The average molecular weight is 394 g/mol. The predicted octanol–water partition coefficient (Wildman–Crippen LogP) is 4.47. The third-order valence-corrected chi connectivity index (χ3v) is 6.67. The molecule has 2 aliphatic rings. The number of thioether (sulfide) groups is 1. The standard InChI is InChI=1S/C19H19Cl2N2OS/c1-13-4-2-5-15(10-13)22-12-19(24,23-8-3-9-25-18(22)23)14-6-7-16(20)17(21)11-14/h2,4-7,10-11,24H,3,8-9,12H2,1H3/q+1/t19-/m0/s1. The number of amidine groups is 1. The van der Waals surface area contributed by atoms with E-state index in [0.717, 1.165) is 35.1 Å². The first kappa shape index (κ1) is 17.2. The Morgan fingerprint density at radius 3 is 2.76 bits per heavy atom. The van der Waals surface area contributed by atoms with Crippen LogP contribution in [-0.4, -0.2) is 33.7 Å². The summed E-state index contributed by atoms with van der Waals surface area (Å²) < 4.78 is 2.10. The Hall–Kier alpha value is -1.20. The first-order valence-electron chi connectivity index (χ1n) is 8.28. The highest BCUT2D eigenvalue weighted by atomic mass is 35.5. The number of nitrogens with zero attached hydrogens (tertiary/aromatic N) is 2. The van der Waals surface area contributed by atoms with Crippen LogP contribution in [0.2, 0.25) is 10.0 Å². The van der Waals surface area contributed by atoms with Gasteiger partial charge in [-0.3, -0.25) is 0 Å². The van der Waals surface area contributed by atoms with Gasteiger partial charge in [-0.2, -0.15) is 0 Å². The van der Waals surface area contributed by atoms with E-state index in [1.165, 1.54) is 5.56 Å². The van der Waals surface area contributed by atoms with Crippen LogP contribution in [0.4, 0.5) is 5.69 Å². The van der Waals surface area contributed by atoms with Crippen LogP contribution in [0.25, 0.3) is 0 Å². The van der Waals surface area contributed by atoms with Gasteiger partial charge >= 0.3 is 5.17 Å². The Morgan fingerprint density at radius 1 is 1.16 bits per heavy atom. The van der Waals surface area contributed by atoms with Crippen LogP contribution in [0, 0.1) is 6.92 Å². The second-order valence-corrected chi connectivity index (χ2v) is 8.38. The monoisotopic (exact) mass is 393 g/mol. The van der Waals surface area contributed by atoms with E-state index in [2.05, 4.69) is 40.7 Å². The van der Waals surface area contributed by atoms with E-state index in [1.807, 2.05) is 6.07 Å². The van der Waals surface area contributed by atoms with E-state index in [1.54, 1.807) is 23.9 Å². The molecule has 1 atom stereocenters. The van der Waals surface area contributed by atoms with Gasteiger partial charge in [0.2, 0.25) is 0 Å². The summed E-state index contributed by atoms with van der Waals surface area (Å²) >= 11 is 14.1. The molecule has 6 heteroatoms. The number of aliphatic hydroxyl groups is 1. The van der Waals surface area contributed by atoms with Crippen LogP contribution in [0.5, 0.6) is 0 Å². The van der Waals surface area contributed by atoms with E-state index in [4.69, 9.17) is 23.2 Å². The van der Waals surface area contributed by atoms with Crippen LogP contribution in [0.3, 0.4) is 0 Å². The molecule has 0 saturated heterocycles. The van der Waals surface area contributed by atoms with E-state index in [0.29, 0.717) is 16.6 Å². The lowest BCUT2D eigenvalue weighted by molar-refractivity contribution is -0.656. The summed E-state index contributed by atoms with van der Waals surface area (Å²) in [5.41, 5.74) is 1.97. The molecule has 0 spiro atoms. The van der Waals surface area contributed by atoms with Gasteiger partial charge in [-0.25, -0.2) is 9.48 Å². The maximum Gasteiger partial charge on any atom is 0.316 e. The molecule has 0 amide bonds. The number of hydrogen-bond acceptors (Lipinski definition) is 3. The summed E-state index contributed by atoms with van der Waals surface area (Å²) in [5.74, 6) is 1.06. The first-order chi connectivity index (χ1) is 12.0. The van der Waals surface area contributed by atoms with E-state index < -0.39 is 5.72 Å². The van der Waals surface area contributed by atoms with Gasteiger partial charge in [0.25, 0.3) is 5.72 Å². The largest absolute Gasteiger partial charge is 0.346 e. The third kappa shape index (κ3) is 2.95. The van der Waals surface area contributed by atoms with Crippen molar-refractivity contribution in [2.75, 3.05) is 23.7 Å². The SMILES string of the molecule is Cc1cccc(N2C[C@](O)(c3ccc(Cl)c(Cl)c3)[N+]3=C2SCCC3)c1. The average Bonchev–Trinajstić information content (AvgIpc) is 2.92. The predicted molar refractivity (Wildman–Crippen MR) is 106 cm³/mol. The molecule has 0 fully saturated rings. The fraction of sp³-hybridized carbons (Fsp3) is 0.316. The maximum atomic E-state index is 11.6. The molecule has 2 aromatic rings. The summed E-state index contributed by atoms with van der Waals surface area (Å²) in [5, 5.41) is 13.7. The molecule has 0 aliphatic carbocycles. The first-order valence-corrected chi connectivity index (χ1v) is 10.0. The van der Waals surface area contributed by atoms with E-state index in [-0.39, 0.29) is 0 Å². The third-order valence-electron chi connectivity index (χ3n) is 4.74. The van der Waals surface area contributed by atoms with E-state index in [9.17, 15) is 5.11 Å². The molecule has 0 saturated carbocycles. The second-order valence-electron chi connectivity index (χ2n) is 6.51. The number of halogens is 2. The summed E-state index contributed by atoms with van der Waals surface area (Å²) in [6, 6.07) is 13.8. The van der Waals surface area contributed by atoms with Gasteiger partial charge in [0.1, 0.15) is 5.69 Å². The van der Waals surface area contributed by atoms with Gasteiger partial charge in [-0.05, 0) is 54.9 Å². The lowest BCUT2D eigenvalue weighted by Gasteiger charge is -2.24. The number of aryl methyl sites for hydroxylation is 1. The van der Waals surface area contributed by atoms with Crippen molar-refractivity contribution in [2.24, 2.45) is 0 Å². The van der Waals surface area contributed by atoms with Gasteiger partial charge in [0, 0.05) is 11.3 Å². The topological polar surface area (TPSA) is 26.5 Å². The van der Waals surface area contributed by atoms with Gasteiger partial charge in [0.05, 0.1) is 16.6 Å². The fourth-order valence-corrected chi connectivity index (χ4v) is 4.97. The Bertz CT molecular complexity index is 870. The Balaban J connectivity index is 1.82. The molecule has 3 nitrogen and oxygen atoms in total. The van der Waals surface area contributed by atoms with Crippen molar-refractivity contribution in [3.63, 3.8) is 0 Å². The zero-order valence-corrected chi connectivity index (χ0v) is 16.2. The molecule has 2 aliphatic heterocycles. The molecule has 130 valence electrons. The van der Waals surface area contributed by atoms with Gasteiger partial charge in [-0.15, -0.1) is 0 Å². The number of rotatable bonds is 2. The smallest absolute Gasteiger partial charge is 0.316 e. The number of anilines is 1. The van der Waals surface area contributed by atoms with Gasteiger partial charge < -0.3 is 5.11 Å². The summed E-state index contributed by atoms with van der Waals surface area (Å²) in [4.78, 5) is 2.21. The lowest BCUT2D eigenvalue weighted by Crippen LogP contribution is -2.41. The molecule has 0 unspecified atom stereocenters. The van der Waals surface area contributed by atoms with Crippen molar-refractivity contribution in [3.8, 4) is 0 Å². The zero-order valence-electron chi connectivity index (χ0n) is 13.9. The molecular formula is C19H19Cl2N2OS+. The normalized spacial score (nSPS) is 23.1. The van der Waals surface area contributed by atoms with Gasteiger partial charge in [0.15, 0.2) is 6.54 Å². The number of hydrogen-bond donors (Lipinski definition) is 1. The molecule has 1 N–H and O–H groups in total. The van der Waals surface area contributed by atoms with Crippen LogP contribution < -0.4 is 4.90 Å². The quantitative estimate of drug-likeness (QED) is 0.762. The highest BCUT2D eigenvalue weighted by Crippen LogP contribution is 2.39. The van der Waals surface area contributed by atoms with Crippen molar-refractivity contribution in [2.45, 2.75) is 19.1 Å². The maximum absolute atomic E-state index is 11.6. The molecule has 2 heterocycles. The molecule has 0 aromatic heterocycles. The molecule has 25 heavy (non-hydrogen) atoms. The Morgan fingerprint density at radius 2 is 2.00 bits per heavy atom. The fourth-order valence-electron chi connectivity index (χ4n) is 3.49. The minimum absolute atomic E-state index is 0.466. The van der Waals surface area contributed by atoms with Crippen molar-refractivity contribution in [1.29, 1.82) is 0 Å². The van der Waals surface area contributed by atoms with Crippen molar-refractivity contribution < 1.29 is 9.68 Å². The van der Waals surface area contributed by atoms with Crippen molar-refractivity contribution in [3.05, 3.63) is 63.6 Å². The summed E-state index contributed by atoms with van der Waals surface area (Å²) in [7, 11) is 0. The Labute approximate surface area is 161 Å². The number of β-amino-alcohol motifs (C(OH)–C–C–N with tert-alkyl or cyclic N) is 1. The Kier molecular flexibility index (Phi) is 4.49. The zero-order chi connectivity index (χ0) is 17.6. The second kappa shape index (κ2) is 6.51. The van der Waals surface area contributed by atoms with Crippen LogP contribution in [0.15, 0.2) is 42.5 Å². The van der Waals surface area contributed by atoms with Gasteiger partial charge in [-0.1, -0.05) is 41.4 Å². The molecule has 2 aromatic carbocycles. The van der Waals surface area contributed by atoms with Crippen LogP contribution in [0.1, 0.15) is 17.5 Å². The van der Waals surface area contributed by atoms with Crippen molar-refractivity contribution in [1.82, 2.24) is 0 Å². The van der Waals surface area contributed by atoms with Crippen molar-refractivity contribution >= 4 is 45.8 Å². The van der Waals surface area contributed by atoms with E-state index >= 15 is 0 Å².